The minimum Gasteiger partial charge on any atom is -0.350 e. The average molecular weight is 293 g/mol. The second kappa shape index (κ2) is 5.34. The van der Waals surface area contributed by atoms with E-state index in [4.69, 9.17) is 5.26 Å². The highest BCUT2D eigenvalue weighted by Crippen LogP contribution is 2.23. The second-order valence-corrected chi connectivity index (χ2v) is 4.96. The van der Waals surface area contributed by atoms with Crippen molar-refractivity contribution < 1.29 is 9.18 Å². The van der Waals surface area contributed by atoms with Gasteiger partial charge in [-0.25, -0.2) is 4.39 Å². The van der Waals surface area contributed by atoms with Crippen molar-refractivity contribution in [2.75, 3.05) is 5.32 Å². The van der Waals surface area contributed by atoms with Crippen molar-refractivity contribution in [3.63, 3.8) is 0 Å². The third-order valence-electron chi connectivity index (χ3n) is 3.52. The molecular weight excluding hydrogens is 281 g/mol. The number of amides is 1. The number of aromatic amines is 1. The van der Waals surface area contributed by atoms with Crippen LogP contribution in [-0.4, -0.2) is 10.9 Å². The van der Waals surface area contributed by atoms with E-state index in [0.29, 0.717) is 33.4 Å². The van der Waals surface area contributed by atoms with Gasteiger partial charge in [-0.15, -0.1) is 0 Å². The Kier molecular flexibility index (Phi) is 3.36. The molecule has 4 nitrogen and oxygen atoms in total. The fourth-order valence-corrected chi connectivity index (χ4v) is 2.35. The van der Waals surface area contributed by atoms with Crippen LogP contribution in [0, 0.1) is 24.1 Å². The van der Waals surface area contributed by atoms with Crippen LogP contribution in [0.5, 0.6) is 0 Å². The van der Waals surface area contributed by atoms with Crippen molar-refractivity contribution in [2.45, 2.75) is 6.92 Å². The third-order valence-corrected chi connectivity index (χ3v) is 3.52. The van der Waals surface area contributed by atoms with Crippen molar-refractivity contribution >= 4 is 22.5 Å². The number of carbonyl (C=O) groups excluding carboxylic acids is 1. The Hall–Kier alpha value is -3.13. The van der Waals surface area contributed by atoms with Gasteiger partial charge in [-0.3, -0.25) is 4.79 Å². The van der Waals surface area contributed by atoms with E-state index in [1.54, 1.807) is 37.3 Å². The summed E-state index contributed by atoms with van der Waals surface area (Å²) in [6, 6.07) is 13.0. The van der Waals surface area contributed by atoms with E-state index < -0.39 is 0 Å². The number of hydrogen-bond donors (Lipinski definition) is 2. The standard InChI is InChI=1S/C17H12FN3O/c1-10-14-8-12(18)4-7-15(14)21-16(10)17(22)20-13-5-2-11(9-19)3-6-13/h2-8,21H,1H3,(H,20,22). The molecular formula is C17H12FN3O. The molecule has 0 atom stereocenters. The summed E-state index contributed by atoms with van der Waals surface area (Å²) in [7, 11) is 0. The summed E-state index contributed by atoms with van der Waals surface area (Å²) in [5, 5.41) is 12.2. The molecule has 22 heavy (non-hydrogen) atoms. The summed E-state index contributed by atoms with van der Waals surface area (Å²) in [6.07, 6.45) is 0. The highest BCUT2D eigenvalue weighted by atomic mass is 19.1. The smallest absolute Gasteiger partial charge is 0.272 e. The number of carbonyl (C=O) groups is 1. The summed E-state index contributed by atoms with van der Waals surface area (Å²) in [5.41, 5.74) is 2.91. The number of fused-ring (bicyclic) bond motifs is 1. The SMILES string of the molecule is Cc1c(C(=O)Nc2ccc(C#N)cc2)[nH]c2ccc(F)cc12. The van der Waals surface area contributed by atoms with Crippen LogP contribution in [0.1, 0.15) is 21.6 Å². The number of nitriles is 1. The zero-order valence-electron chi connectivity index (χ0n) is 11.8. The summed E-state index contributed by atoms with van der Waals surface area (Å²) in [6.45, 7) is 1.77. The zero-order chi connectivity index (χ0) is 15.7. The Morgan fingerprint density at radius 3 is 2.64 bits per heavy atom. The molecule has 0 bridgehead atoms. The maximum Gasteiger partial charge on any atom is 0.272 e. The van der Waals surface area contributed by atoms with Crippen LogP contribution < -0.4 is 5.32 Å². The molecule has 3 aromatic rings. The molecule has 2 aromatic carbocycles. The summed E-state index contributed by atoms with van der Waals surface area (Å²) >= 11 is 0. The van der Waals surface area contributed by atoms with Crippen LogP contribution in [0.15, 0.2) is 42.5 Å². The largest absolute Gasteiger partial charge is 0.350 e. The number of benzene rings is 2. The Morgan fingerprint density at radius 1 is 1.23 bits per heavy atom. The molecule has 0 aliphatic rings. The monoisotopic (exact) mass is 293 g/mol. The highest BCUT2D eigenvalue weighted by molar-refractivity contribution is 6.07. The second-order valence-electron chi connectivity index (χ2n) is 4.96. The molecule has 1 amide bonds. The van der Waals surface area contributed by atoms with Crippen molar-refractivity contribution in [1.29, 1.82) is 5.26 Å². The van der Waals surface area contributed by atoms with Gasteiger partial charge in [-0.2, -0.15) is 5.26 Å². The van der Waals surface area contributed by atoms with E-state index >= 15 is 0 Å². The molecule has 2 N–H and O–H groups in total. The molecule has 0 fully saturated rings. The van der Waals surface area contributed by atoms with Crippen LogP contribution in [-0.2, 0) is 0 Å². The molecule has 5 heteroatoms. The lowest BCUT2D eigenvalue weighted by Gasteiger charge is -2.04. The number of halogens is 1. The van der Waals surface area contributed by atoms with Crippen molar-refractivity contribution in [3.05, 3.63) is 65.1 Å². The zero-order valence-corrected chi connectivity index (χ0v) is 11.8. The summed E-state index contributed by atoms with van der Waals surface area (Å²) in [4.78, 5) is 15.3. The number of aryl methyl sites for hydroxylation is 1. The molecule has 0 saturated carbocycles. The van der Waals surface area contributed by atoms with E-state index in [0.717, 1.165) is 0 Å². The Balaban J connectivity index is 1.91. The highest BCUT2D eigenvalue weighted by Gasteiger charge is 2.15. The van der Waals surface area contributed by atoms with E-state index in [-0.39, 0.29) is 11.7 Å². The van der Waals surface area contributed by atoms with Gasteiger partial charge in [0.2, 0.25) is 0 Å². The maximum absolute atomic E-state index is 13.3. The predicted octanol–water partition coefficient (Wildman–Crippen LogP) is 3.74. The van der Waals surface area contributed by atoms with Crippen LogP contribution >= 0.6 is 0 Å². The van der Waals surface area contributed by atoms with Crippen molar-refractivity contribution in [3.8, 4) is 6.07 Å². The Bertz CT molecular complexity index is 904. The van der Waals surface area contributed by atoms with Crippen molar-refractivity contribution in [2.24, 2.45) is 0 Å². The number of nitrogens with one attached hydrogen (secondary N) is 2. The van der Waals surface area contributed by atoms with Gasteiger partial charge in [-0.1, -0.05) is 0 Å². The lowest BCUT2D eigenvalue weighted by molar-refractivity contribution is 0.102. The van der Waals surface area contributed by atoms with Gasteiger partial charge in [0, 0.05) is 16.6 Å². The van der Waals surface area contributed by atoms with Gasteiger partial charge in [0.05, 0.1) is 11.6 Å². The first kappa shape index (κ1) is 13.8. The van der Waals surface area contributed by atoms with Gasteiger partial charge >= 0.3 is 0 Å². The lowest BCUT2D eigenvalue weighted by atomic mass is 10.1. The van der Waals surface area contributed by atoms with Gasteiger partial charge in [0.1, 0.15) is 11.5 Å². The summed E-state index contributed by atoms with van der Waals surface area (Å²) in [5.74, 6) is -0.646. The van der Waals surface area contributed by atoms with Gasteiger partial charge in [0.15, 0.2) is 0 Å². The predicted molar refractivity (Wildman–Crippen MR) is 82.1 cm³/mol. The van der Waals surface area contributed by atoms with Crippen molar-refractivity contribution in [1.82, 2.24) is 4.98 Å². The lowest BCUT2D eigenvalue weighted by Crippen LogP contribution is -2.13. The van der Waals surface area contributed by atoms with E-state index in [1.165, 1.54) is 12.1 Å². The van der Waals surface area contributed by atoms with E-state index in [2.05, 4.69) is 10.3 Å². The third kappa shape index (κ3) is 2.42. The molecule has 0 aliphatic heterocycles. The maximum atomic E-state index is 13.3. The van der Waals surface area contributed by atoms with E-state index in [1.807, 2.05) is 6.07 Å². The van der Waals surface area contributed by atoms with Crippen LogP contribution in [0.3, 0.4) is 0 Å². The number of nitrogens with zero attached hydrogens (tertiary/aromatic N) is 1. The minimum absolute atomic E-state index is 0.307. The first-order valence-corrected chi connectivity index (χ1v) is 6.68. The average Bonchev–Trinajstić information content (AvgIpc) is 2.85. The topological polar surface area (TPSA) is 68.7 Å². The molecule has 0 spiro atoms. The normalized spacial score (nSPS) is 10.4. The first-order valence-electron chi connectivity index (χ1n) is 6.68. The number of anilines is 1. The van der Waals surface area contributed by atoms with Gasteiger partial charge < -0.3 is 10.3 Å². The van der Waals surface area contributed by atoms with Gasteiger partial charge in [-0.05, 0) is 55.0 Å². The number of rotatable bonds is 2. The molecule has 3 rings (SSSR count). The van der Waals surface area contributed by atoms with Crippen LogP contribution in [0.4, 0.5) is 10.1 Å². The number of hydrogen-bond acceptors (Lipinski definition) is 2. The summed E-state index contributed by atoms with van der Waals surface area (Å²) < 4.78 is 13.3. The Labute approximate surface area is 126 Å². The fraction of sp³-hybridized carbons (Fsp3) is 0.0588. The number of aromatic nitrogens is 1. The molecule has 1 aromatic heterocycles. The van der Waals surface area contributed by atoms with Gasteiger partial charge in [0.25, 0.3) is 5.91 Å². The Morgan fingerprint density at radius 2 is 1.95 bits per heavy atom. The molecule has 1 heterocycles. The van der Waals surface area contributed by atoms with E-state index in [9.17, 15) is 9.18 Å². The number of H-pyrrole nitrogens is 1. The molecule has 0 saturated heterocycles. The van der Waals surface area contributed by atoms with Crippen LogP contribution in [0.25, 0.3) is 10.9 Å². The molecule has 108 valence electrons. The quantitative estimate of drug-likeness (QED) is 0.755. The molecule has 0 unspecified atom stereocenters. The fourth-order valence-electron chi connectivity index (χ4n) is 2.35. The molecule has 0 aliphatic carbocycles. The molecule has 0 radical (unpaired) electrons. The minimum atomic E-state index is -0.339. The van der Waals surface area contributed by atoms with Crippen LogP contribution in [0.2, 0.25) is 0 Å². The first-order chi connectivity index (χ1) is 10.6.